The number of amides is 2. The van der Waals surface area contributed by atoms with Crippen LogP contribution in [0.1, 0.15) is 23.4 Å². The molecule has 0 radical (unpaired) electrons. The van der Waals surface area contributed by atoms with E-state index in [1.54, 1.807) is 11.8 Å². The lowest BCUT2D eigenvalue weighted by Crippen LogP contribution is -2.27. The lowest BCUT2D eigenvalue weighted by Gasteiger charge is -2.25. The van der Waals surface area contributed by atoms with Crippen LogP contribution in [-0.4, -0.2) is 17.6 Å². The summed E-state index contributed by atoms with van der Waals surface area (Å²) >= 11 is 1.60. The number of rotatable bonds is 3. The Morgan fingerprint density at radius 2 is 1.96 bits per heavy atom. The van der Waals surface area contributed by atoms with Crippen molar-refractivity contribution in [1.82, 2.24) is 0 Å². The first-order chi connectivity index (χ1) is 11.0. The zero-order valence-electron chi connectivity index (χ0n) is 13.1. The summed E-state index contributed by atoms with van der Waals surface area (Å²) in [6, 6.07) is 15.6. The highest BCUT2D eigenvalue weighted by Crippen LogP contribution is 2.42. The maximum Gasteiger partial charge on any atom is 0.238 e. The maximum absolute atomic E-state index is 12.3. The highest BCUT2D eigenvalue weighted by atomic mass is 32.2. The molecule has 2 aromatic rings. The molecule has 23 heavy (non-hydrogen) atoms. The van der Waals surface area contributed by atoms with Gasteiger partial charge in [0.05, 0.1) is 5.75 Å². The van der Waals surface area contributed by atoms with Crippen LogP contribution in [0.5, 0.6) is 0 Å². The van der Waals surface area contributed by atoms with Crippen molar-refractivity contribution in [3.63, 3.8) is 0 Å². The van der Waals surface area contributed by atoms with E-state index in [9.17, 15) is 9.59 Å². The second kappa shape index (κ2) is 6.46. The van der Waals surface area contributed by atoms with E-state index in [0.29, 0.717) is 5.75 Å². The molecule has 0 aromatic heterocycles. The number of thioether (sulfide) groups is 1. The first kappa shape index (κ1) is 15.6. The van der Waals surface area contributed by atoms with E-state index in [2.05, 4.69) is 5.32 Å². The molecule has 1 aliphatic heterocycles. The van der Waals surface area contributed by atoms with Crippen molar-refractivity contribution in [1.29, 1.82) is 0 Å². The minimum Gasteiger partial charge on any atom is -0.326 e. The zero-order chi connectivity index (χ0) is 16.4. The van der Waals surface area contributed by atoms with Crippen LogP contribution in [0.3, 0.4) is 0 Å². The van der Waals surface area contributed by atoms with Gasteiger partial charge in [0.1, 0.15) is 5.37 Å². The molecular weight excluding hydrogens is 308 g/mol. The summed E-state index contributed by atoms with van der Waals surface area (Å²) in [5.41, 5.74) is 3.82. The third-order valence-electron chi connectivity index (χ3n) is 3.67. The summed E-state index contributed by atoms with van der Waals surface area (Å²) in [5, 5.41) is 2.72. The van der Waals surface area contributed by atoms with Gasteiger partial charge in [0.15, 0.2) is 0 Å². The van der Waals surface area contributed by atoms with Gasteiger partial charge < -0.3 is 5.32 Å². The fourth-order valence-corrected chi connectivity index (χ4v) is 3.80. The molecule has 0 bridgehead atoms. The Morgan fingerprint density at radius 1 is 1.22 bits per heavy atom. The van der Waals surface area contributed by atoms with E-state index in [1.807, 2.05) is 60.4 Å². The summed E-state index contributed by atoms with van der Waals surface area (Å²) in [6.07, 6.45) is 0. The van der Waals surface area contributed by atoms with E-state index < -0.39 is 0 Å². The molecule has 1 N–H and O–H groups in total. The minimum atomic E-state index is -0.104. The summed E-state index contributed by atoms with van der Waals surface area (Å²) in [6.45, 7) is 3.51. The number of benzene rings is 2. The van der Waals surface area contributed by atoms with Crippen molar-refractivity contribution in [2.24, 2.45) is 0 Å². The topological polar surface area (TPSA) is 49.4 Å². The number of nitrogens with zero attached hydrogens (tertiary/aromatic N) is 1. The fourth-order valence-electron chi connectivity index (χ4n) is 2.63. The van der Waals surface area contributed by atoms with Gasteiger partial charge in [0.2, 0.25) is 11.8 Å². The standard InChI is InChI=1S/C18H18N2O2S/c1-12-6-8-16(9-7-12)20-17(22)11-23-18(20)14-4-3-5-15(10-14)19-13(2)21/h3-10,18H,11H2,1-2H3,(H,19,21)/t18-/m0/s1. The highest BCUT2D eigenvalue weighted by Gasteiger charge is 2.34. The number of carbonyl (C=O) groups excluding carboxylic acids is 2. The van der Waals surface area contributed by atoms with E-state index in [-0.39, 0.29) is 17.2 Å². The van der Waals surface area contributed by atoms with Gasteiger partial charge in [-0.25, -0.2) is 0 Å². The third-order valence-corrected chi connectivity index (χ3v) is 4.88. The number of hydrogen-bond acceptors (Lipinski definition) is 3. The molecule has 1 saturated heterocycles. The average molecular weight is 326 g/mol. The minimum absolute atomic E-state index is 0.0704. The molecule has 3 rings (SSSR count). The van der Waals surface area contributed by atoms with Crippen LogP contribution < -0.4 is 10.2 Å². The van der Waals surface area contributed by atoms with Gasteiger partial charge in [-0.05, 0) is 36.8 Å². The number of hydrogen-bond donors (Lipinski definition) is 1. The third kappa shape index (κ3) is 3.40. The van der Waals surface area contributed by atoms with E-state index in [0.717, 1.165) is 22.5 Å². The van der Waals surface area contributed by atoms with Gasteiger partial charge >= 0.3 is 0 Å². The van der Waals surface area contributed by atoms with Crippen molar-refractivity contribution in [3.05, 3.63) is 59.7 Å². The summed E-state index contributed by atoms with van der Waals surface area (Å²) < 4.78 is 0. The van der Waals surface area contributed by atoms with E-state index in [4.69, 9.17) is 0 Å². The molecular formula is C18H18N2O2S. The lowest BCUT2D eigenvalue weighted by molar-refractivity contribution is -0.116. The zero-order valence-corrected chi connectivity index (χ0v) is 13.9. The van der Waals surface area contributed by atoms with E-state index >= 15 is 0 Å². The van der Waals surface area contributed by atoms with Crippen molar-refractivity contribution in [2.75, 3.05) is 16.0 Å². The largest absolute Gasteiger partial charge is 0.326 e. The van der Waals surface area contributed by atoms with Crippen LogP contribution >= 0.6 is 11.8 Å². The van der Waals surface area contributed by atoms with Crippen LogP contribution in [-0.2, 0) is 9.59 Å². The van der Waals surface area contributed by atoms with Crippen molar-refractivity contribution in [3.8, 4) is 0 Å². The first-order valence-corrected chi connectivity index (χ1v) is 8.47. The quantitative estimate of drug-likeness (QED) is 0.935. The second-order valence-electron chi connectivity index (χ2n) is 5.57. The highest BCUT2D eigenvalue weighted by molar-refractivity contribution is 8.00. The lowest BCUT2D eigenvalue weighted by atomic mass is 10.1. The number of anilines is 2. The second-order valence-corrected chi connectivity index (χ2v) is 6.64. The number of carbonyl (C=O) groups is 2. The molecule has 1 heterocycles. The van der Waals surface area contributed by atoms with Crippen LogP contribution in [0.4, 0.5) is 11.4 Å². The Morgan fingerprint density at radius 3 is 2.65 bits per heavy atom. The molecule has 2 amide bonds. The van der Waals surface area contributed by atoms with E-state index in [1.165, 1.54) is 6.92 Å². The maximum atomic E-state index is 12.3. The average Bonchev–Trinajstić information content (AvgIpc) is 2.89. The Labute approximate surface area is 139 Å². The van der Waals surface area contributed by atoms with Gasteiger partial charge in [0.25, 0.3) is 0 Å². The van der Waals surface area contributed by atoms with Gasteiger partial charge in [-0.1, -0.05) is 29.8 Å². The van der Waals surface area contributed by atoms with Crippen molar-refractivity contribution >= 4 is 35.0 Å². The van der Waals surface area contributed by atoms with Gasteiger partial charge in [-0.3, -0.25) is 14.5 Å². The van der Waals surface area contributed by atoms with Gasteiger partial charge in [0, 0.05) is 18.3 Å². The molecule has 0 aliphatic carbocycles. The van der Waals surface area contributed by atoms with Crippen molar-refractivity contribution in [2.45, 2.75) is 19.2 Å². The first-order valence-electron chi connectivity index (χ1n) is 7.42. The Hall–Kier alpha value is -2.27. The number of aryl methyl sites for hydroxylation is 1. The van der Waals surface area contributed by atoms with Crippen LogP contribution in [0.2, 0.25) is 0 Å². The van der Waals surface area contributed by atoms with Crippen LogP contribution in [0, 0.1) is 6.92 Å². The smallest absolute Gasteiger partial charge is 0.238 e. The molecule has 5 heteroatoms. The Balaban J connectivity index is 1.93. The summed E-state index contributed by atoms with van der Waals surface area (Å²) in [7, 11) is 0. The molecule has 2 aromatic carbocycles. The van der Waals surface area contributed by atoms with Crippen LogP contribution in [0.15, 0.2) is 48.5 Å². The van der Waals surface area contributed by atoms with Gasteiger partial charge in [-0.15, -0.1) is 11.8 Å². The molecule has 1 aliphatic rings. The predicted octanol–water partition coefficient (Wildman–Crippen LogP) is 3.73. The number of nitrogens with one attached hydrogen (secondary N) is 1. The summed E-state index contributed by atoms with van der Waals surface area (Å²) in [5.74, 6) is 0.463. The molecule has 118 valence electrons. The SMILES string of the molecule is CC(=O)Nc1cccc([C@@H]2SCC(=O)N2c2ccc(C)cc2)c1. The fraction of sp³-hybridized carbons (Fsp3) is 0.222. The molecule has 0 spiro atoms. The Kier molecular flexibility index (Phi) is 4.39. The van der Waals surface area contributed by atoms with Crippen LogP contribution in [0.25, 0.3) is 0 Å². The van der Waals surface area contributed by atoms with Gasteiger partial charge in [-0.2, -0.15) is 0 Å². The Bertz CT molecular complexity index is 743. The normalized spacial score (nSPS) is 17.4. The molecule has 1 atom stereocenters. The summed E-state index contributed by atoms with van der Waals surface area (Å²) in [4.78, 5) is 25.4. The molecule has 0 saturated carbocycles. The van der Waals surface area contributed by atoms with Crippen molar-refractivity contribution < 1.29 is 9.59 Å². The molecule has 0 unspecified atom stereocenters. The predicted molar refractivity (Wildman–Crippen MR) is 94.6 cm³/mol. The monoisotopic (exact) mass is 326 g/mol. The molecule has 4 nitrogen and oxygen atoms in total. The molecule has 1 fully saturated rings.